The van der Waals surface area contributed by atoms with Crippen LogP contribution in [0.5, 0.6) is 0 Å². The smallest absolute Gasteiger partial charge is 0.231 e. The molecule has 4 heterocycles. The van der Waals surface area contributed by atoms with Crippen molar-refractivity contribution in [2.24, 2.45) is 0 Å². The van der Waals surface area contributed by atoms with Gasteiger partial charge in [0.1, 0.15) is 11.5 Å². The summed E-state index contributed by atoms with van der Waals surface area (Å²) < 4.78 is 1.85. The maximum Gasteiger partial charge on any atom is 0.231 e. The van der Waals surface area contributed by atoms with Crippen molar-refractivity contribution in [2.45, 2.75) is 45.3 Å². The van der Waals surface area contributed by atoms with E-state index in [-0.39, 0.29) is 0 Å². The van der Waals surface area contributed by atoms with Crippen LogP contribution in [0.2, 0.25) is 5.02 Å². The maximum absolute atomic E-state index is 6.35. The zero-order valence-electron chi connectivity index (χ0n) is 14.9. The predicted molar refractivity (Wildman–Crippen MR) is 104 cm³/mol. The lowest BCUT2D eigenvalue weighted by Crippen LogP contribution is -2.43. The second-order valence-electron chi connectivity index (χ2n) is 6.69. The third-order valence-corrected chi connectivity index (χ3v) is 5.00. The highest BCUT2D eigenvalue weighted by Crippen LogP contribution is 2.30. The minimum absolute atomic E-state index is 0.311. The van der Waals surface area contributed by atoms with Crippen molar-refractivity contribution in [3.63, 3.8) is 0 Å². The lowest BCUT2D eigenvalue weighted by atomic mass is 10.0. The third-order valence-electron chi connectivity index (χ3n) is 4.70. The number of hydrogen-bond donors (Lipinski definition) is 4. The molecule has 2 atom stereocenters. The van der Waals surface area contributed by atoms with Crippen molar-refractivity contribution in [3.8, 4) is 0 Å². The molecule has 4 rings (SSSR count). The molecule has 0 aromatic carbocycles. The molecule has 138 valence electrons. The number of H-pyrrole nitrogens is 1. The molecule has 0 saturated carbocycles. The van der Waals surface area contributed by atoms with Crippen LogP contribution >= 0.6 is 11.6 Å². The second-order valence-corrected chi connectivity index (χ2v) is 7.10. The molecule has 1 saturated heterocycles. The molecule has 1 aliphatic rings. The van der Waals surface area contributed by atoms with Crippen molar-refractivity contribution in [1.82, 2.24) is 30.0 Å². The number of nitrogens with one attached hydrogen (secondary N) is 4. The quantitative estimate of drug-likeness (QED) is 0.548. The monoisotopic (exact) mass is 374 g/mol. The fraction of sp³-hybridized carbons (Fsp3) is 0.471. The van der Waals surface area contributed by atoms with Crippen molar-refractivity contribution in [3.05, 3.63) is 23.6 Å². The highest BCUT2D eigenvalue weighted by molar-refractivity contribution is 6.36. The lowest BCUT2D eigenvalue weighted by molar-refractivity contribution is 0.398. The molecule has 9 heteroatoms. The Labute approximate surface area is 156 Å². The summed E-state index contributed by atoms with van der Waals surface area (Å²) in [7, 11) is 0. The van der Waals surface area contributed by atoms with Gasteiger partial charge in [0.15, 0.2) is 0 Å². The van der Waals surface area contributed by atoms with E-state index in [0.717, 1.165) is 42.8 Å². The number of aromatic nitrogens is 5. The van der Waals surface area contributed by atoms with E-state index in [9.17, 15) is 0 Å². The van der Waals surface area contributed by atoms with Crippen molar-refractivity contribution in [2.75, 3.05) is 17.2 Å². The Morgan fingerprint density at radius 1 is 1.35 bits per heavy atom. The lowest BCUT2D eigenvalue weighted by Gasteiger charge is -2.28. The van der Waals surface area contributed by atoms with Gasteiger partial charge in [-0.3, -0.25) is 4.68 Å². The van der Waals surface area contributed by atoms with E-state index >= 15 is 0 Å². The van der Waals surface area contributed by atoms with Gasteiger partial charge in [-0.1, -0.05) is 11.6 Å². The number of aromatic amines is 1. The van der Waals surface area contributed by atoms with Gasteiger partial charge in [-0.25, -0.2) is 0 Å². The maximum atomic E-state index is 6.35. The standard InChI is InChI=1S/C17H23ClN8/c1-3-26-9-12(7-21-26)23-17-24-15-14(13(18)8-20-15)16(25-17)22-11-5-4-10(2)19-6-11/h7-11,19H,3-6H2,1-2H3,(H3,20,22,23,24,25)/t10-,11+/m0/s1. The van der Waals surface area contributed by atoms with Crippen molar-refractivity contribution >= 4 is 40.1 Å². The SMILES string of the molecule is CCn1cc(Nc2nc(N[C@@H]3CC[C@H](C)NC3)c3c(Cl)c[nH]c3n2)cn1. The van der Waals surface area contributed by atoms with Crippen molar-refractivity contribution in [1.29, 1.82) is 0 Å². The highest BCUT2D eigenvalue weighted by Gasteiger charge is 2.20. The Morgan fingerprint density at radius 2 is 2.23 bits per heavy atom. The summed E-state index contributed by atoms with van der Waals surface area (Å²) >= 11 is 6.35. The predicted octanol–water partition coefficient (Wildman–Crippen LogP) is 3.12. The van der Waals surface area contributed by atoms with Crippen LogP contribution in [0.3, 0.4) is 0 Å². The first kappa shape index (κ1) is 17.1. The van der Waals surface area contributed by atoms with Gasteiger partial charge < -0.3 is 20.9 Å². The average molecular weight is 375 g/mol. The zero-order valence-corrected chi connectivity index (χ0v) is 15.6. The fourth-order valence-corrected chi connectivity index (χ4v) is 3.43. The summed E-state index contributed by atoms with van der Waals surface area (Å²) in [5, 5.41) is 16.0. The average Bonchev–Trinajstić information content (AvgIpc) is 3.24. The van der Waals surface area contributed by atoms with Crippen LogP contribution in [0.25, 0.3) is 11.0 Å². The molecule has 3 aromatic rings. The van der Waals surface area contributed by atoms with Crippen LogP contribution in [0.4, 0.5) is 17.5 Å². The summed E-state index contributed by atoms with van der Waals surface area (Å²) in [5.74, 6) is 1.25. The van der Waals surface area contributed by atoms with E-state index in [4.69, 9.17) is 11.6 Å². The summed E-state index contributed by atoms with van der Waals surface area (Å²) in [6, 6.07) is 0.868. The molecule has 0 radical (unpaired) electrons. The van der Waals surface area contributed by atoms with E-state index in [1.165, 1.54) is 0 Å². The Hall–Kier alpha value is -2.32. The molecular weight excluding hydrogens is 352 g/mol. The topological polar surface area (TPSA) is 95.5 Å². The van der Waals surface area contributed by atoms with E-state index in [1.807, 2.05) is 17.8 Å². The Bertz CT molecular complexity index is 893. The van der Waals surface area contributed by atoms with Crippen LogP contribution in [0, 0.1) is 0 Å². The number of rotatable bonds is 5. The van der Waals surface area contributed by atoms with E-state index < -0.39 is 0 Å². The molecule has 0 amide bonds. The van der Waals surface area contributed by atoms with Gasteiger partial charge in [0, 0.05) is 37.6 Å². The molecule has 0 aliphatic carbocycles. The van der Waals surface area contributed by atoms with Gasteiger partial charge in [-0.2, -0.15) is 15.1 Å². The minimum Gasteiger partial charge on any atom is -0.365 e. The van der Waals surface area contributed by atoms with Gasteiger partial charge in [-0.15, -0.1) is 0 Å². The van der Waals surface area contributed by atoms with Crippen LogP contribution in [0.1, 0.15) is 26.7 Å². The van der Waals surface area contributed by atoms with E-state index in [2.05, 4.69) is 42.9 Å². The molecular formula is C17H23ClN8. The molecule has 0 unspecified atom stereocenters. The highest BCUT2D eigenvalue weighted by atomic mass is 35.5. The summed E-state index contributed by atoms with van der Waals surface area (Å²) in [6.45, 7) is 5.97. The first-order valence-electron chi connectivity index (χ1n) is 8.96. The Kier molecular flexibility index (Phi) is 4.69. The summed E-state index contributed by atoms with van der Waals surface area (Å²) in [6.07, 6.45) is 7.65. The van der Waals surface area contributed by atoms with Crippen LogP contribution in [0.15, 0.2) is 18.6 Å². The zero-order chi connectivity index (χ0) is 18.1. The van der Waals surface area contributed by atoms with Gasteiger partial charge in [0.05, 0.1) is 22.3 Å². The number of fused-ring (bicyclic) bond motifs is 1. The van der Waals surface area contributed by atoms with Gasteiger partial charge in [0.2, 0.25) is 5.95 Å². The number of halogens is 1. The van der Waals surface area contributed by atoms with Crippen LogP contribution in [-0.2, 0) is 6.54 Å². The third kappa shape index (κ3) is 3.47. The summed E-state index contributed by atoms with van der Waals surface area (Å²) in [4.78, 5) is 12.3. The van der Waals surface area contributed by atoms with Crippen LogP contribution in [-0.4, -0.2) is 43.4 Å². The molecule has 0 spiro atoms. The molecule has 8 nitrogen and oxygen atoms in total. The number of piperidine rings is 1. The van der Waals surface area contributed by atoms with Gasteiger partial charge in [0.25, 0.3) is 0 Å². The van der Waals surface area contributed by atoms with Crippen LogP contribution < -0.4 is 16.0 Å². The number of aryl methyl sites for hydroxylation is 1. The number of nitrogens with zero attached hydrogens (tertiary/aromatic N) is 4. The number of anilines is 3. The van der Waals surface area contributed by atoms with E-state index in [0.29, 0.717) is 28.7 Å². The molecule has 0 bridgehead atoms. The molecule has 1 aliphatic heterocycles. The largest absolute Gasteiger partial charge is 0.365 e. The normalized spacial score (nSPS) is 20.4. The first-order chi connectivity index (χ1) is 12.6. The van der Waals surface area contributed by atoms with Gasteiger partial charge in [-0.05, 0) is 26.7 Å². The molecule has 3 aromatic heterocycles. The Morgan fingerprint density at radius 3 is 2.96 bits per heavy atom. The fourth-order valence-electron chi connectivity index (χ4n) is 3.20. The molecule has 1 fully saturated rings. The second kappa shape index (κ2) is 7.13. The van der Waals surface area contributed by atoms with Gasteiger partial charge >= 0.3 is 0 Å². The number of hydrogen-bond acceptors (Lipinski definition) is 6. The Balaban J connectivity index is 1.62. The summed E-state index contributed by atoms with van der Waals surface area (Å²) in [5.41, 5.74) is 1.55. The molecule has 4 N–H and O–H groups in total. The molecule has 26 heavy (non-hydrogen) atoms. The first-order valence-corrected chi connectivity index (χ1v) is 9.34. The minimum atomic E-state index is 0.311. The van der Waals surface area contributed by atoms with Crippen molar-refractivity contribution < 1.29 is 0 Å². The van der Waals surface area contributed by atoms with E-state index in [1.54, 1.807) is 12.4 Å².